The summed E-state index contributed by atoms with van der Waals surface area (Å²) in [5.41, 5.74) is 2.06. The average Bonchev–Trinajstić information content (AvgIpc) is 3.16. The predicted molar refractivity (Wildman–Crippen MR) is 114 cm³/mol. The van der Waals surface area contributed by atoms with E-state index in [0.717, 1.165) is 16.5 Å². The van der Waals surface area contributed by atoms with E-state index in [2.05, 4.69) is 20.4 Å². The number of pyridine rings is 1. The van der Waals surface area contributed by atoms with Crippen molar-refractivity contribution in [2.24, 2.45) is 4.99 Å². The second kappa shape index (κ2) is 8.24. The molecule has 2 heterocycles. The quantitative estimate of drug-likeness (QED) is 0.457. The summed E-state index contributed by atoms with van der Waals surface area (Å²) < 4.78 is 5.35. The summed E-state index contributed by atoms with van der Waals surface area (Å²) in [5, 5.41) is 9.28. The fourth-order valence-corrected chi connectivity index (χ4v) is 3.05. The lowest BCUT2D eigenvalue weighted by molar-refractivity contribution is -0.116. The van der Waals surface area contributed by atoms with Crippen molar-refractivity contribution in [3.63, 3.8) is 0 Å². The van der Waals surface area contributed by atoms with E-state index in [1.54, 1.807) is 55.9 Å². The molecule has 1 amide bonds. The molecular weight excluding hydrogens is 388 g/mol. The van der Waals surface area contributed by atoms with E-state index in [4.69, 9.17) is 16.1 Å². The van der Waals surface area contributed by atoms with Crippen molar-refractivity contribution in [3.8, 4) is 0 Å². The summed E-state index contributed by atoms with van der Waals surface area (Å²) in [7, 11) is 0. The van der Waals surface area contributed by atoms with E-state index in [-0.39, 0.29) is 5.91 Å². The number of halogens is 1. The van der Waals surface area contributed by atoms with Crippen LogP contribution in [0.15, 0.2) is 76.5 Å². The second-order valence-electron chi connectivity index (χ2n) is 6.50. The summed E-state index contributed by atoms with van der Waals surface area (Å²) in [6, 6.07) is 16.3. The zero-order valence-corrected chi connectivity index (χ0v) is 16.3. The topological polar surface area (TPSA) is 80.4 Å². The normalized spacial score (nSPS) is 12.3. The van der Waals surface area contributed by atoms with Gasteiger partial charge in [0.1, 0.15) is 5.92 Å². The highest BCUT2D eigenvalue weighted by molar-refractivity contribution is 6.30. The Hall–Kier alpha value is -3.51. The van der Waals surface area contributed by atoms with Gasteiger partial charge in [0.25, 0.3) is 0 Å². The van der Waals surface area contributed by atoms with Gasteiger partial charge in [0, 0.05) is 46.2 Å². The first kappa shape index (κ1) is 18.8. The molecule has 2 aromatic carbocycles. The van der Waals surface area contributed by atoms with Crippen molar-refractivity contribution in [3.05, 3.63) is 83.5 Å². The van der Waals surface area contributed by atoms with Gasteiger partial charge in [-0.2, -0.15) is 0 Å². The molecule has 1 N–H and O–H groups in total. The summed E-state index contributed by atoms with van der Waals surface area (Å²) in [5.74, 6) is -0.613. The summed E-state index contributed by atoms with van der Waals surface area (Å²) in [6.45, 7) is 1.80. The first-order chi connectivity index (χ1) is 14.1. The highest BCUT2D eigenvalue weighted by Gasteiger charge is 2.23. The van der Waals surface area contributed by atoms with E-state index in [9.17, 15) is 4.79 Å². The first-order valence-corrected chi connectivity index (χ1v) is 9.34. The molecule has 0 radical (unpaired) electrons. The Labute approximate surface area is 172 Å². The third-order valence-corrected chi connectivity index (χ3v) is 4.62. The molecule has 7 heteroatoms. The largest absolute Gasteiger partial charge is 0.360 e. The van der Waals surface area contributed by atoms with E-state index in [1.165, 1.54) is 0 Å². The van der Waals surface area contributed by atoms with Crippen LogP contribution in [0.3, 0.4) is 0 Å². The van der Waals surface area contributed by atoms with Crippen molar-refractivity contribution < 1.29 is 9.32 Å². The fraction of sp³-hybridized carbons (Fsp3) is 0.0909. The predicted octanol–water partition coefficient (Wildman–Crippen LogP) is 5.31. The molecule has 0 bridgehead atoms. The maximum Gasteiger partial charge on any atom is 0.240 e. The van der Waals surface area contributed by atoms with Crippen LogP contribution in [-0.4, -0.2) is 22.3 Å². The number of rotatable bonds is 5. The van der Waals surface area contributed by atoms with Crippen molar-refractivity contribution >= 4 is 45.9 Å². The second-order valence-corrected chi connectivity index (χ2v) is 6.93. The first-order valence-electron chi connectivity index (χ1n) is 8.97. The summed E-state index contributed by atoms with van der Waals surface area (Å²) >= 11 is 5.91. The number of hydrogen-bond donors (Lipinski definition) is 1. The van der Waals surface area contributed by atoms with Gasteiger partial charge in [0.05, 0.1) is 11.4 Å². The molecular formula is C22H17ClN4O2. The Morgan fingerprint density at radius 3 is 2.79 bits per heavy atom. The number of amides is 1. The smallest absolute Gasteiger partial charge is 0.240 e. The molecule has 0 aliphatic carbocycles. The minimum absolute atomic E-state index is 0.283. The maximum absolute atomic E-state index is 13.0. The SMILES string of the molecule is Cc1cc(C(C=Nc2cccc3cnccc23)C(=O)Nc2ccc(Cl)cc2)on1. The third-order valence-electron chi connectivity index (χ3n) is 4.37. The summed E-state index contributed by atoms with van der Waals surface area (Å²) in [6.07, 6.45) is 5.06. The molecule has 4 rings (SSSR count). The van der Waals surface area contributed by atoms with Gasteiger partial charge in [0.2, 0.25) is 5.91 Å². The Balaban J connectivity index is 1.66. The number of carbonyl (C=O) groups excluding carboxylic acids is 1. The molecule has 0 spiro atoms. The Morgan fingerprint density at radius 2 is 2.03 bits per heavy atom. The van der Waals surface area contributed by atoms with Crippen LogP contribution in [0.4, 0.5) is 11.4 Å². The zero-order chi connectivity index (χ0) is 20.2. The van der Waals surface area contributed by atoms with Crippen LogP contribution in [0.1, 0.15) is 17.4 Å². The Kier molecular flexibility index (Phi) is 5.35. The number of aliphatic imine (C=N–C) groups is 1. The molecule has 144 valence electrons. The minimum atomic E-state index is -0.746. The Bertz CT molecular complexity index is 1180. The maximum atomic E-state index is 13.0. The highest BCUT2D eigenvalue weighted by atomic mass is 35.5. The third kappa shape index (κ3) is 4.33. The molecule has 1 atom stereocenters. The number of anilines is 1. The monoisotopic (exact) mass is 404 g/mol. The highest BCUT2D eigenvalue weighted by Crippen LogP contribution is 2.26. The van der Waals surface area contributed by atoms with Crippen molar-refractivity contribution in [1.29, 1.82) is 0 Å². The van der Waals surface area contributed by atoms with Gasteiger partial charge < -0.3 is 9.84 Å². The fourth-order valence-electron chi connectivity index (χ4n) is 2.93. The van der Waals surface area contributed by atoms with Crippen LogP contribution < -0.4 is 5.32 Å². The van der Waals surface area contributed by atoms with Gasteiger partial charge in [-0.15, -0.1) is 0 Å². The molecule has 1 unspecified atom stereocenters. The Morgan fingerprint density at radius 1 is 1.21 bits per heavy atom. The molecule has 0 aliphatic heterocycles. The van der Waals surface area contributed by atoms with Gasteiger partial charge in [-0.25, -0.2) is 0 Å². The molecule has 2 aromatic heterocycles. The number of fused-ring (bicyclic) bond motifs is 1. The van der Waals surface area contributed by atoms with Gasteiger partial charge in [-0.3, -0.25) is 14.8 Å². The van der Waals surface area contributed by atoms with Gasteiger partial charge in [0.15, 0.2) is 5.76 Å². The van der Waals surface area contributed by atoms with Crippen LogP contribution in [0.2, 0.25) is 5.02 Å². The van der Waals surface area contributed by atoms with Gasteiger partial charge in [-0.1, -0.05) is 28.9 Å². The number of benzene rings is 2. The standard InChI is InChI=1S/C22H17ClN4O2/c1-14-11-21(29-27-14)19(22(28)26-17-7-5-16(23)6-8-17)13-25-20-4-2-3-15-12-24-10-9-18(15)20/h2-13,19H,1H3,(H,26,28). The zero-order valence-electron chi connectivity index (χ0n) is 15.5. The van der Waals surface area contributed by atoms with Gasteiger partial charge in [-0.05, 0) is 43.3 Å². The molecule has 29 heavy (non-hydrogen) atoms. The number of carbonyl (C=O) groups is 1. The van der Waals surface area contributed by atoms with Crippen molar-refractivity contribution in [1.82, 2.24) is 10.1 Å². The molecule has 0 fully saturated rings. The number of aromatic nitrogens is 2. The van der Waals surface area contributed by atoms with Crippen LogP contribution in [-0.2, 0) is 4.79 Å². The number of aryl methyl sites for hydroxylation is 1. The van der Waals surface area contributed by atoms with Crippen LogP contribution in [0.25, 0.3) is 10.8 Å². The minimum Gasteiger partial charge on any atom is -0.360 e. The lowest BCUT2D eigenvalue weighted by Crippen LogP contribution is -2.22. The van der Waals surface area contributed by atoms with Crippen molar-refractivity contribution in [2.45, 2.75) is 12.8 Å². The lowest BCUT2D eigenvalue weighted by atomic mass is 10.1. The lowest BCUT2D eigenvalue weighted by Gasteiger charge is -2.10. The van der Waals surface area contributed by atoms with Crippen LogP contribution in [0.5, 0.6) is 0 Å². The molecule has 6 nitrogen and oxygen atoms in total. The molecule has 0 saturated carbocycles. The van der Waals surface area contributed by atoms with E-state index < -0.39 is 5.92 Å². The number of hydrogen-bond acceptors (Lipinski definition) is 5. The van der Waals surface area contributed by atoms with E-state index in [0.29, 0.717) is 22.2 Å². The molecule has 4 aromatic rings. The van der Waals surface area contributed by atoms with E-state index >= 15 is 0 Å². The number of nitrogens with zero attached hydrogens (tertiary/aromatic N) is 3. The number of nitrogens with one attached hydrogen (secondary N) is 1. The summed E-state index contributed by atoms with van der Waals surface area (Å²) in [4.78, 5) is 21.7. The van der Waals surface area contributed by atoms with E-state index in [1.807, 2.05) is 24.3 Å². The van der Waals surface area contributed by atoms with Crippen LogP contribution >= 0.6 is 11.6 Å². The molecule has 0 aliphatic rings. The molecule has 0 saturated heterocycles. The van der Waals surface area contributed by atoms with Gasteiger partial charge >= 0.3 is 0 Å². The van der Waals surface area contributed by atoms with Crippen molar-refractivity contribution in [2.75, 3.05) is 5.32 Å². The van der Waals surface area contributed by atoms with Crippen LogP contribution in [0, 0.1) is 6.92 Å². The average molecular weight is 405 g/mol.